The van der Waals surface area contributed by atoms with E-state index in [1.54, 1.807) is 28.0 Å². The normalized spacial score (nSPS) is 30.8. The minimum atomic E-state index is -1.35. The van der Waals surface area contributed by atoms with E-state index < -0.39 is 29.1 Å². The van der Waals surface area contributed by atoms with E-state index in [1.165, 1.54) is 4.90 Å². The molecular formula is C32H34ClN3O5. The van der Waals surface area contributed by atoms with Crippen LogP contribution in [0.1, 0.15) is 25.3 Å². The number of benzene rings is 2. The molecule has 0 aliphatic carbocycles. The Morgan fingerprint density at radius 3 is 2.39 bits per heavy atom. The molecule has 5 atom stereocenters. The molecular weight excluding hydrogens is 542 g/mol. The number of carbonyl (C=O) groups excluding carboxylic acids is 3. The monoisotopic (exact) mass is 575 g/mol. The van der Waals surface area contributed by atoms with E-state index >= 15 is 0 Å². The molecule has 1 unspecified atom stereocenters. The number of likely N-dealkylation sites (tertiary alicyclic amines) is 1. The molecule has 2 saturated heterocycles. The molecule has 4 aliphatic rings. The van der Waals surface area contributed by atoms with E-state index in [9.17, 15) is 19.5 Å². The topological polar surface area (TPSA) is 90.4 Å². The molecule has 8 nitrogen and oxygen atoms in total. The number of halogens is 1. The number of amides is 3. The van der Waals surface area contributed by atoms with Crippen LogP contribution in [0.3, 0.4) is 0 Å². The van der Waals surface area contributed by atoms with Gasteiger partial charge in [0.05, 0.1) is 28.1 Å². The van der Waals surface area contributed by atoms with Gasteiger partial charge in [-0.05, 0) is 30.5 Å². The Hall–Kier alpha value is -3.46. The number of fused-ring (bicyclic) bond motifs is 2. The standard InChI is InChI=1S/C32H34ClN3O5/c1-2-31-15-8-17-34(21-22-11-4-3-5-12-22)28(38)25(31)26-29(39)36(19-10-20-37)27-30(40)35(18-9-16-32(26,27)41-31)24-14-7-6-13-23(24)33/h3-9,11-16,25-27,37H,2,10,17-21H2,1H3/t25-,26+,27?,31+,32+/m1/s1. The number of hydrogen-bond acceptors (Lipinski definition) is 5. The maximum absolute atomic E-state index is 14.5. The van der Waals surface area contributed by atoms with Gasteiger partial charge in [0.15, 0.2) is 0 Å². The van der Waals surface area contributed by atoms with Gasteiger partial charge in [0.25, 0.3) is 5.91 Å². The number of rotatable bonds is 7. The van der Waals surface area contributed by atoms with Crippen LogP contribution in [0.25, 0.3) is 0 Å². The highest BCUT2D eigenvalue weighted by Gasteiger charge is 2.75. The molecule has 0 bridgehead atoms. The van der Waals surface area contributed by atoms with E-state index in [0.29, 0.717) is 36.6 Å². The van der Waals surface area contributed by atoms with Crippen LogP contribution in [0.15, 0.2) is 78.9 Å². The molecule has 41 heavy (non-hydrogen) atoms. The molecule has 1 spiro atoms. The molecule has 4 heterocycles. The van der Waals surface area contributed by atoms with Gasteiger partial charge in [-0.2, -0.15) is 0 Å². The third-order valence-corrected chi connectivity index (χ3v) is 9.26. The highest BCUT2D eigenvalue weighted by atomic mass is 35.5. The Morgan fingerprint density at radius 1 is 0.927 bits per heavy atom. The lowest BCUT2D eigenvalue weighted by Crippen LogP contribution is -2.56. The predicted octanol–water partition coefficient (Wildman–Crippen LogP) is 3.58. The number of ether oxygens (including phenoxy) is 1. The van der Waals surface area contributed by atoms with Gasteiger partial charge in [0.2, 0.25) is 11.8 Å². The van der Waals surface area contributed by atoms with E-state index in [4.69, 9.17) is 16.3 Å². The quantitative estimate of drug-likeness (QED) is 0.510. The zero-order valence-corrected chi connectivity index (χ0v) is 23.7. The molecule has 0 radical (unpaired) electrons. The lowest BCUT2D eigenvalue weighted by atomic mass is 9.73. The van der Waals surface area contributed by atoms with Gasteiger partial charge in [-0.1, -0.05) is 85.3 Å². The Balaban J connectivity index is 1.45. The second-order valence-corrected chi connectivity index (χ2v) is 11.5. The molecule has 1 N–H and O–H groups in total. The summed E-state index contributed by atoms with van der Waals surface area (Å²) < 4.78 is 6.99. The first-order valence-corrected chi connectivity index (χ1v) is 14.6. The van der Waals surface area contributed by atoms with Crippen LogP contribution >= 0.6 is 11.6 Å². The molecule has 3 amide bonds. The number of hydrogen-bond donors (Lipinski definition) is 1. The molecule has 2 aromatic carbocycles. The average molecular weight is 576 g/mol. The zero-order chi connectivity index (χ0) is 28.8. The van der Waals surface area contributed by atoms with Crippen molar-refractivity contribution < 1.29 is 24.2 Å². The fourth-order valence-corrected chi connectivity index (χ4v) is 7.36. The third kappa shape index (κ3) is 4.31. The summed E-state index contributed by atoms with van der Waals surface area (Å²) in [6.07, 6.45) is 8.33. The van der Waals surface area contributed by atoms with E-state index in [-0.39, 0.29) is 37.4 Å². The molecule has 2 fully saturated rings. The first kappa shape index (κ1) is 27.7. The van der Waals surface area contributed by atoms with Crippen LogP contribution in [-0.2, 0) is 25.7 Å². The highest BCUT2D eigenvalue weighted by Crippen LogP contribution is 2.58. The molecule has 0 saturated carbocycles. The summed E-state index contributed by atoms with van der Waals surface area (Å²) in [5.74, 6) is -2.49. The third-order valence-electron chi connectivity index (χ3n) is 8.94. The van der Waals surface area contributed by atoms with Crippen LogP contribution in [0.4, 0.5) is 5.69 Å². The van der Waals surface area contributed by atoms with Crippen molar-refractivity contribution in [3.05, 3.63) is 89.5 Å². The first-order valence-electron chi connectivity index (χ1n) is 14.2. The van der Waals surface area contributed by atoms with Crippen LogP contribution < -0.4 is 4.90 Å². The minimum absolute atomic E-state index is 0.137. The summed E-state index contributed by atoms with van der Waals surface area (Å²) in [6, 6.07) is 15.9. The SMILES string of the molecule is CC[C@]12C=CCN(Cc3ccccc3)C(=O)[C@H]1[C@H]1C(=O)N(CCCO)C3C(=O)N(c4ccccc4Cl)CC=C[C@@]31O2. The maximum Gasteiger partial charge on any atom is 0.253 e. The molecule has 4 aliphatic heterocycles. The van der Waals surface area contributed by atoms with E-state index in [1.807, 2.05) is 67.6 Å². The second kappa shape index (κ2) is 10.7. The second-order valence-electron chi connectivity index (χ2n) is 11.1. The van der Waals surface area contributed by atoms with Crippen LogP contribution in [-0.4, -0.2) is 76.1 Å². The van der Waals surface area contributed by atoms with Crippen molar-refractivity contribution in [2.75, 3.05) is 31.1 Å². The Labute approximate surface area is 244 Å². The van der Waals surface area contributed by atoms with Crippen molar-refractivity contribution in [2.24, 2.45) is 11.8 Å². The minimum Gasteiger partial charge on any atom is -0.396 e. The Morgan fingerprint density at radius 2 is 1.66 bits per heavy atom. The predicted molar refractivity (Wildman–Crippen MR) is 155 cm³/mol. The highest BCUT2D eigenvalue weighted by molar-refractivity contribution is 6.34. The summed E-state index contributed by atoms with van der Waals surface area (Å²) in [6.45, 7) is 3.03. The lowest BCUT2D eigenvalue weighted by Gasteiger charge is -2.38. The smallest absolute Gasteiger partial charge is 0.253 e. The van der Waals surface area contributed by atoms with Crippen molar-refractivity contribution in [1.82, 2.24) is 9.80 Å². The number of para-hydroxylation sites is 1. The van der Waals surface area contributed by atoms with Gasteiger partial charge in [-0.15, -0.1) is 0 Å². The zero-order valence-electron chi connectivity index (χ0n) is 23.0. The fraction of sp³-hybridized carbons (Fsp3) is 0.406. The molecule has 6 rings (SSSR count). The average Bonchev–Trinajstić information content (AvgIpc) is 3.27. The van der Waals surface area contributed by atoms with Gasteiger partial charge >= 0.3 is 0 Å². The van der Waals surface area contributed by atoms with Crippen LogP contribution in [0, 0.1) is 11.8 Å². The van der Waals surface area contributed by atoms with Crippen LogP contribution in [0.2, 0.25) is 5.02 Å². The molecule has 9 heteroatoms. The summed E-state index contributed by atoms with van der Waals surface area (Å²) in [7, 11) is 0. The summed E-state index contributed by atoms with van der Waals surface area (Å²) >= 11 is 6.52. The summed E-state index contributed by atoms with van der Waals surface area (Å²) in [4.78, 5) is 48.2. The fourth-order valence-electron chi connectivity index (χ4n) is 7.12. The molecule has 0 aromatic heterocycles. The number of anilines is 1. The van der Waals surface area contributed by atoms with Gasteiger partial charge in [-0.3, -0.25) is 14.4 Å². The number of aliphatic hydroxyl groups excluding tert-OH is 1. The number of aliphatic hydroxyl groups is 1. The largest absolute Gasteiger partial charge is 0.396 e. The van der Waals surface area contributed by atoms with Crippen molar-refractivity contribution in [3.8, 4) is 0 Å². The van der Waals surface area contributed by atoms with E-state index in [0.717, 1.165) is 5.56 Å². The van der Waals surface area contributed by atoms with Gasteiger partial charge in [0, 0.05) is 32.8 Å². The Bertz CT molecular complexity index is 1410. The maximum atomic E-state index is 14.5. The van der Waals surface area contributed by atoms with Crippen LogP contribution in [0.5, 0.6) is 0 Å². The Kier molecular flexibility index (Phi) is 7.26. The van der Waals surface area contributed by atoms with Crippen molar-refractivity contribution in [3.63, 3.8) is 0 Å². The van der Waals surface area contributed by atoms with Crippen molar-refractivity contribution in [2.45, 2.75) is 43.6 Å². The summed E-state index contributed by atoms with van der Waals surface area (Å²) in [5.41, 5.74) is -0.863. The van der Waals surface area contributed by atoms with Gasteiger partial charge < -0.3 is 24.5 Å². The number of nitrogens with zero attached hydrogens (tertiary/aromatic N) is 3. The van der Waals surface area contributed by atoms with Gasteiger partial charge in [-0.25, -0.2) is 0 Å². The lowest BCUT2D eigenvalue weighted by molar-refractivity contribution is -0.150. The van der Waals surface area contributed by atoms with E-state index in [2.05, 4.69) is 0 Å². The van der Waals surface area contributed by atoms with Crippen molar-refractivity contribution >= 4 is 35.0 Å². The first-order chi connectivity index (χ1) is 19.9. The summed E-state index contributed by atoms with van der Waals surface area (Å²) in [5, 5.41) is 10.1. The van der Waals surface area contributed by atoms with Crippen molar-refractivity contribution in [1.29, 1.82) is 0 Å². The molecule has 214 valence electrons. The number of carbonyl (C=O) groups is 3. The van der Waals surface area contributed by atoms with Gasteiger partial charge in [0.1, 0.15) is 11.6 Å². The molecule has 2 aromatic rings.